The second-order valence-electron chi connectivity index (χ2n) is 14.7. The Bertz CT molecular complexity index is 1820. The Morgan fingerprint density at radius 3 is 1.26 bits per heavy atom. The molecular weight excluding hydrogens is 771 g/mol. The molecule has 0 saturated carbocycles. The summed E-state index contributed by atoms with van der Waals surface area (Å²) in [5.74, 6) is 1.62. The maximum atomic E-state index is 13.8. The van der Waals surface area contributed by atoms with Gasteiger partial charge in [-0.3, -0.25) is 9.59 Å². The molecule has 2 aromatic carbocycles. The Morgan fingerprint density at radius 2 is 0.897 bits per heavy atom. The number of pyridine rings is 2. The maximum Gasteiger partial charge on any atom is 0.359 e. The lowest BCUT2D eigenvalue weighted by Crippen LogP contribution is -2.32. The number of rotatable bonds is 23. The van der Waals surface area contributed by atoms with E-state index >= 15 is 0 Å². The standard InChI is InChI=1S/C46H60F2N6O2S2/c1-49(41-21-17-37(18-22-41)13-15-39-25-31-51(3)43(47)35-39)27-9-29-53(5)45(55)11-7-33-57-58-34-8-12-46(56)54(6)30-10-28-50(2)42-23-19-38(20-24-42)14-16-40-26-32-52(4)44(48)36-40/h13-26,31-32,35-36H,7-12,27-30,33-34H2,1-6H3/q+2. The Kier molecular flexibility index (Phi) is 19.3. The summed E-state index contributed by atoms with van der Waals surface area (Å²) < 4.78 is 30.5. The normalized spacial score (nSPS) is 11.4. The van der Waals surface area contributed by atoms with Gasteiger partial charge in [0.1, 0.15) is 14.1 Å². The van der Waals surface area contributed by atoms with Crippen molar-refractivity contribution >= 4 is 69.1 Å². The number of aromatic nitrogens is 2. The number of anilines is 2. The summed E-state index contributed by atoms with van der Waals surface area (Å²) in [6.45, 7) is 3.10. The van der Waals surface area contributed by atoms with Crippen LogP contribution >= 0.6 is 21.6 Å². The molecule has 0 atom stereocenters. The van der Waals surface area contributed by atoms with Crippen LogP contribution in [0.1, 0.15) is 60.8 Å². The average molecular weight is 831 g/mol. The SMILES string of the molecule is CN(CCCN(C)c1ccc(C=Cc2cc[n+](C)c(F)c2)cc1)C(=O)CCCSSCCCC(=O)N(C)CCCN(C)c1ccc(C=Cc2cc[n+](C)c(F)c2)cc1. The van der Waals surface area contributed by atoms with Crippen LogP contribution < -0.4 is 18.9 Å². The van der Waals surface area contributed by atoms with Gasteiger partial charge in [-0.2, -0.15) is 9.13 Å². The van der Waals surface area contributed by atoms with Crippen LogP contribution in [-0.2, 0) is 23.7 Å². The third-order valence-corrected chi connectivity index (χ3v) is 12.6. The first-order valence-electron chi connectivity index (χ1n) is 19.9. The zero-order valence-electron chi connectivity index (χ0n) is 34.9. The average Bonchev–Trinajstić information content (AvgIpc) is 3.22. The molecule has 0 unspecified atom stereocenters. The first-order valence-corrected chi connectivity index (χ1v) is 22.4. The van der Waals surface area contributed by atoms with Crippen LogP contribution in [0, 0.1) is 11.9 Å². The van der Waals surface area contributed by atoms with Gasteiger partial charge in [0.25, 0.3) is 0 Å². The fourth-order valence-electron chi connectivity index (χ4n) is 6.05. The molecule has 0 bridgehead atoms. The molecule has 310 valence electrons. The second-order valence-corrected chi connectivity index (χ2v) is 17.4. The zero-order chi connectivity index (χ0) is 41.9. The van der Waals surface area contributed by atoms with E-state index in [0.29, 0.717) is 25.9 Å². The number of carbonyl (C=O) groups excluding carboxylic acids is 2. The fourth-order valence-corrected chi connectivity index (χ4v) is 8.22. The van der Waals surface area contributed by atoms with Gasteiger partial charge in [-0.05, 0) is 72.2 Å². The number of carbonyl (C=O) groups is 2. The molecule has 58 heavy (non-hydrogen) atoms. The summed E-state index contributed by atoms with van der Waals surface area (Å²) >= 11 is 0. The Morgan fingerprint density at radius 1 is 0.534 bits per heavy atom. The summed E-state index contributed by atoms with van der Waals surface area (Å²) in [6.07, 6.45) is 15.7. The van der Waals surface area contributed by atoms with Crippen molar-refractivity contribution in [2.24, 2.45) is 14.1 Å². The summed E-state index contributed by atoms with van der Waals surface area (Å²) in [5, 5.41) is 0. The first-order chi connectivity index (χ1) is 27.9. The second kappa shape index (κ2) is 24.3. The number of aryl methyl sites for hydroxylation is 2. The van der Waals surface area contributed by atoms with Gasteiger partial charge in [0.2, 0.25) is 11.8 Å². The highest BCUT2D eigenvalue weighted by Crippen LogP contribution is 2.24. The molecule has 2 amide bonds. The number of nitrogens with zero attached hydrogens (tertiary/aromatic N) is 6. The smallest absolute Gasteiger partial charge is 0.359 e. The summed E-state index contributed by atoms with van der Waals surface area (Å²) in [5.41, 5.74) is 5.94. The number of amides is 2. The monoisotopic (exact) mass is 830 g/mol. The van der Waals surface area contributed by atoms with Crippen LogP contribution in [-0.4, -0.2) is 87.5 Å². The lowest BCUT2D eigenvalue weighted by Gasteiger charge is -2.22. The van der Waals surface area contributed by atoms with Crippen LogP contribution in [0.4, 0.5) is 20.2 Å². The summed E-state index contributed by atoms with van der Waals surface area (Å²) in [6, 6.07) is 23.3. The van der Waals surface area contributed by atoms with Crippen LogP contribution in [0.25, 0.3) is 24.3 Å². The third kappa shape index (κ3) is 15.9. The predicted octanol–water partition coefficient (Wildman–Crippen LogP) is 8.17. The number of hydrogen-bond donors (Lipinski definition) is 0. The van der Waals surface area contributed by atoms with E-state index in [1.165, 1.54) is 21.3 Å². The number of halogens is 2. The Balaban J connectivity index is 0.990. The van der Waals surface area contributed by atoms with Crippen molar-refractivity contribution in [2.75, 3.05) is 75.7 Å². The van der Waals surface area contributed by atoms with Gasteiger partial charge >= 0.3 is 11.9 Å². The number of benzene rings is 2. The molecule has 0 fully saturated rings. The van der Waals surface area contributed by atoms with E-state index in [4.69, 9.17) is 0 Å². The highest BCUT2D eigenvalue weighted by atomic mass is 33.1. The lowest BCUT2D eigenvalue weighted by atomic mass is 10.1. The first kappa shape index (κ1) is 46.0. The van der Waals surface area contributed by atoms with E-state index in [9.17, 15) is 18.4 Å². The van der Waals surface area contributed by atoms with Crippen molar-refractivity contribution in [1.82, 2.24) is 9.80 Å². The molecule has 0 spiro atoms. The molecule has 0 N–H and O–H groups in total. The molecule has 4 rings (SSSR count). The maximum absolute atomic E-state index is 13.8. The van der Waals surface area contributed by atoms with E-state index in [1.807, 2.05) is 60.3 Å². The predicted molar refractivity (Wildman–Crippen MR) is 240 cm³/mol. The number of hydrogen-bond acceptors (Lipinski definition) is 6. The van der Waals surface area contributed by atoms with E-state index in [0.717, 1.165) is 83.9 Å². The fraction of sp³-hybridized carbons (Fsp3) is 0.391. The molecule has 8 nitrogen and oxygen atoms in total. The minimum absolute atomic E-state index is 0.176. The van der Waals surface area contributed by atoms with Gasteiger partial charge in [-0.1, -0.05) is 70.2 Å². The summed E-state index contributed by atoms with van der Waals surface area (Å²) in [4.78, 5) is 33.4. The third-order valence-electron chi connectivity index (χ3n) is 9.98. The van der Waals surface area contributed by atoms with Gasteiger partial charge in [0.15, 0.2) is 12.4 Å². The Hall–Kier alpha value is -4.68. The molecule has 12 heteroatoms. The van der Waals surface area contributed by atoms with Gasteiger partial charge in [0, 0.05) is 114 Å². The molecular formula is C46H60F2N6O2S2+2. The topological polar surface area (TPSA) is 54.9 Å². The van der Waals surface area contributed by atoms with Crippen molar-refractivity contribution in [3.05, 3.63) is 119 Å². The van der Waals surface area contributed by atoms with Crippen LogP contribution in [0.3, 0.4) is 0 Å². The Labute approximate surface area is 352 Å². The molecule has 2 aromatic heterocycles. The molecule has 0 radical (unpaired) electrons. The van der Waals surface area contributed by atoms with Crippen LogP contribution in [0.5, 0.6) is 0 Å². The minimum Gasteiger partial charge on any atom is -0.375 e. The van der Waals surface area contributed by atoms with Crippen molar-refractivity contribution in [2.45, 2.75) is 38.5 Å². The summed E-state index contributed by atoms with van der Waals surface area (Å²) in [7, 11) is 14.8. The quantitative estimate of drug-likeness (QED) is 0.0326. The van der Waals surface area contributed by atoms with Gasteiger partial charge in [-0.15, -0.1) is 8.78 Å². The molecule has 0 aliphatic rings. The highest BCUT2D eigenvalue weighted by molar-refractivity contribution is 8.76. The van der Waals surface area contributed by atoms with Crippen molar-refractivity contribution in [3.8, 4) is 0 Å². The van der Waals surface area contributed by atoms with E-state index in [2.05, 4.69) is 72.4 Å². The molecule has 4 aromatic rings. The van der Waals surface area contributed by atoms with E-state index in [1.54, 1.807) is 48.1 Å². The van der Waals surface area contributed by atoms with Crippen molar-refractivity contribution in [1.29, 1.82) is 0 Å². The molecule has 0 saturated heterocycles. The minimum atomic E-state index is -0.278. The van der Waals surface area contributed by atoms with Gasteiger partial charge in [-0.25, -0.2) is 0 Å². The lowest BCUT2D eigenvalue weighted by molar-refractivity contribution is -0.700. The highest BCUT2D eigenvalue weighted by Gasteiger charge is 2.12. The van der Waals surface area contributed by atoms with Crippen LogP contribution in [0.2, 0.25) is 0 Å². The van der Waals surface area contributed by atoms with E-state index < -0.39 is 0 Å². The molecule has 0 aliphatic heterocycles. The largest absolute Gasteiger partial charge is 0.375 e. The molecule has 0 aliphatic carbocycles. The van der Waals surface area contributed by atoms with Crippen molar-refractivity contribution in [3.63, 3.8) is 0 Å². The van der Waals surface area contributed by atoms with E-state index in [-0.39, 0.29) is 23.7 Å². The van der Waals surface area contributed by atoms with Gasteiger partial charge < -0.3 is 19.6 Å². The molecule has 2 heterocycles. The van der Waals surface area contributed by atoms with Crippen LogP contribution in [0.15, 0.2) is 85.2 Å². The van der Waals surface area contributed by atoms with Crippen molar-refractivity contribution < 1.29 is 27.5 Å². The van der Waals surface area contributed by atoms with Gasteiger partial charge in [0.05, 0.1) is 0 Å². The zero-order valence-corrected chi connectivity index (χ0v) is 36.6.